The van der Waals surface area contributed by atoms with Crippen molar-refractivity contribution in [2.24, 2.45) is 0 Å². The van der Waals surface area contributed by atoms with Crippen molar-refractivity contribution in [1.82, 2.24) is 15.3 Å². The second-order valence-electron chi connectivity index (χ2n) is 5.25. The summed E-state index contributed by atoms with van der Waals surface area (Å²) in [6.07, 6.45) is 1.10. The molecule has 0 aliphatic carbocycles. The second kappa shape index (κ2) is 6.10. The minimum Gasteiger partial charge on any atom is -0.496 e. The monoisotopic (exact) mass is 284 g/mol. The van der Waals surface area contributed by atoms with Crippen molar-refractivity contribution in [2.45, 2.75) is 19.4 Å². The molecular formula is C16H20N4O. The fraction of sp³-hybridized carbons (Fsp3) is 0.375. The zero-order chi connectivity index (χ0) is 14.7. The molecule has 2 aromatic rings. The molecule has 1 saturated heterocycles. The van der Waals surface area contributed by atoms with E-state index in [0.29, 0.717) is 12.0 Å². The van der Waals surface area contributed by atoms with Gasteiger partial charge in [-0.25, -0.2) is 9.97 Å². The molecule has 2 N–H and O–H groups in total. The first-order valence-electron chi connectivity index (χ1n) is 7.22. The van der Waals surface area contributed by atoms with Gasteiger partial charge in [-0.15, -0.1) is 0 Å². The molecule has 5 heteroatoms. The molecule has 0 spiro atoms. The predicted octanol–water partition coefficient (Wildman–Crippen LogP) is 2.23. The number of aromatic nitrogens is 2. The van der Waals surface area contributed by atoms with Crippen LogP contribution in [0.15, 0.2) is 30.3 Å². The minimum atomic E-state index is 0.400. The van der Waals surface area contributed by atoms with Crippen LogP contribution in [-0.4, -0.2) is 36.2 Å². The summed E-state index contributed by atoms with van der Waals surface area (Å²) in [4.78, 5) is 9.13. The molecule has 1 unspecified atom stereocenters. The Kier molecular flexibility index (Phi) is 4.01. The van der Waals surface area contributed by atoms with Crippen molar-refractivity contribution in [2.75, 3.05) is 25.5 Å². The molecule has 3 rings (SSSR count). The van der Waals surface area contributed by atoms with Crippen LogP contribution in [0.4, 0.5) is 5.95 Å². The number of aryl methyl sites for hydroxylation is 1. The van der Waals surface area contributed by atoms with Crippen molar-refractivity contribution < 1.29 is 4.74 Å². The molecule has 1 aliphatic rings. The number of hydrogen-bond donors (Lipinski definition) is 2. The van der Waals surface area contributed by atoms with E-state index in [1.165, 1.54) is 0 Å². The molecule has 1 aliphatic heterocycles. The molecule has 0 saturated carbocycles. The number of anilines is 1. The van der Waals surface area contributed by atoms with E-state index < -0.39 is 0 Å². The topological polar surface area (TPSA) is 59.1 Å². The molecule has 1 fully saturated rings. The Bertz CT molecular complexity index is 623. The molecule has 1 aromatic carbocycles. The molecule has 1 atom stereocenters. The maximum atomic E-state index is 5.42. The third kappa shape index (κ3) is 3.13. The first-order valence-corrected chi connectivity index (χ1v) is 7.22. The Morgan fingerprint density at radius 3 is 2.90 bits per heavy atom. The lowest BCUT2D eigenvalue weighted by molar-refractivity contribution is 0.416. The van der Waals surface area contributed by atoms with Crippen LogP contribution in [0.1, 0.15) is 12.1 Å². The van der Waals surface area contributed by atoms with Gasteiger partial charge in [0.2, 0.25) is 5.95 Å². The Hall–Kier alpha value is -2.14. The third-order valence-electron chi connectivity index (χ3n) is 3.63. The fourth-order valence-corrected chi connectivity index (χ4v) is 2.59. The quantitative estimate of drug-likeness (QED) is 0.901. The summed E-state index contributed by atoms with van der Waals surface area (Å²) in [6, 6.07) is 10.3. The Morgan fingerprint density at radius 1 is 1.29 bits per heavy atom. The number of methoxy groups -OCH3 is 1. The normalized spacial score (nSPS) is 17.7. The van der Waals surface area contributed by atoms with Gasteiger partial charge in [0.25, 0.3) is 0 Å². The average Bonchev–Trinajstić information content (AvgIpc) is 2.99. The van der Waals surface area contributed by atoms with E-state index in [4.69, 9.17) is 4.74 Å². The van der Waals surface area contributed by atoms with Crippen molar-refractivity contribution in [3.8, 4) is 17.0 Å². The first kappa shape index (κ1) is 13.8. The van der Waals surface area contributed by atoms with Crippen molar-refractivity contribution >= 4 is 5.95 Å². The maximum Gasteiger partial charge on any atom is 0.223 e. The molecule has 21 heavy (non-hydrogen) atoms. The van der Waals surface area contributed by atoms with Crippen LogP contribution in [-0.2, 0) is 0 Å². The summed E-state index contributed by atoms with van der Waals surface area (Å²) in [6.45, 7) is 3.99. The van der Waals surface area contributed by atoms with Crippen molar-refractivity contribution in [3.63, 3.8) is 0 Å². The maximum absolute atomic E-state index is 5.42. The summed E-state index contributed by atoms with van der Waals surface area (Å²) in [5.41, 5.74) is 2.81. The highest BCUT2D eigenvalue weighted by Gasteiger charge is 2.16. The molecule has 0 radical (unpaired) electrons. The van der Waals surface area contributed by atoms with Gasteiger partial charge >= 0.3 is 0 Å². The highest BCUT2D eigenvalue weighted by Crippen LogP contribution is 2.29. The lowest BCUT2D eigenvalue weighted by atomic mass is 10.1. The Balaban J connectivity index is 1.93. The smallest absolute Gasteiger partial charge is 0.223 e. The van der Waals surface area contributed by atoms with E-state index in [1.54, 1.807) is 7.11 Å². The lowest BCUT2D eigenvalue weighted by Crippen LogP contribution is -2.23. The van der Waals surface area contributed by atoms with Crippen molar-refractivity contribution in [1.29, 1.82) is 0 Å². The number of nitrogens with one attached hydrogen (secondary N) is 2. The predicted molar refractivity (Wildman–Crippen MR) is 83.7 cm³/mol. The average molecular weight is 284 g/mol. The summed E-state index contributed by atoms with van der Waals surface area (Å²) in [5.74, 6) is 1.51. The van der Waals surface area contributed by atoms with Gasteiger partial charge in [-0.05, 0) is 38.1 Å². The summed E-state index contributed by atoms with van der Waals surface area (Å²) in [7, 11) is 1.68. The van der Waals surface area contributed by atoms with Gasteiger partial charge in [0.1, 0.15) is 5.75 Å². The second-order valence-corrected chi connectivity index (χ2v) is 5.25. The lowest BCUT2D eigenvalue weighted by Gasteiger charge is -2.14. The van der Waals surface area contributed by atoms with Gasteiger partial charge in [0, 0.05) is 23.8 Å². The Labute approximate surface area is 124 Å². The SMILES string of the molecule is COc1ccccc1-c1cc(C)nc(NC2CCNC2)n1. The summed E-state index contributed by atoms with van der Waals surface area (Å²) in [5, 5.41) is 6.74. The van der Waals surface area contributed by atoms with Crippen molar-refractivity contribution in [3.05, 3.63) is 36.0 Å². The van der Waals surface area contributed by atoms with Gasteiger partial charge in [-0.2, -0.15) is 0 Å². The molecule has 0 bridgehead atoms. The number of ether oxygens (including phenoxy) is 1. The summed E-state index contributed by atoms with van der Waals surface area (Å²) < 4.78 is 5.42. The highest BCUT2D eigenvalue weighted by molar-refractivity contribution is 5.68. The van der Waals surface area contributed by atoms with Crippen LogP contribution in [0, 0.1) is 6.92 Å². The van der Waals surface area contributed by atoms with Crippen LogP contribution < -0.4 is 15.4 Å². The fourth-order valence-electron chi connectivity index (χ4n) is 2.59. The highest BCUT2D eigenvalue weighted by atomic mass is 16.5. The van der Waals surface area contributed by atoms with E-state index in [2.05, 4.69) is 20.6 Å². The van der Waals surface area contributed by atoms with Crippen LogP contribution >= 0.6 is 0 Å². The van der Waals surface area contributed by atoms with Crippen LogP contribution in [0.2, 0.25) is 0 Å². The van der Waals surface area contributed by atoms with E-state index in [9.17, 15) is 0 Å². The van der Waals surface area contributed by atoms with Gasteiger partial charge in [0.15, 0.2) is 0 Å². The Morgan fingerprint density at radius 2 is 2.14 bits per heavy atom. The first-order chi connectivity index (χ1) is 10.3. The van der Waals surface area contributed by atoms with E-state index in [1.807, 2.05) is 37.3 Å². The number of para-hydroxylation sites is 1. The molecule has 5 nitrogen and oxygen atoms in total. The van der Waals surface area contributed by atoms with Gasteiger partial charge in [-0.1, -0.05) is 12.1 Å². The molecule has 0 amide bonds. The summed E-state index contributed by atoms with van der Waals surface area (Å²) >= 11 is 0. The van der Waals surface area contributed by atoms with Crippen LogP contribution in [0.5, 0.6) is 5.75 Å². The molecule has 1 aromatic heterocycles. The number of hydrogen-bond acceptors (Lipinski definition) is 5. The molecule has 2 heterocycles. The van der Waals surface area contributed by atoms with Gasteiger partial charge < -0.3 is 15.4 Å². The van der Waals surface area contributed by atoms with E-state index in [0.717, 1.165) is 42.2 Å². The van der Waals surface area contributed by atoms with Crippen LogP contribution in [0.25, 0.3) is 11.3 Å². The standard InChI is InChI=1S/C16H20N4O/c1-11-9-14(13-5-3-4-6-15(13)21-2)20-16(18-11)19-12-7-8-17-10-12/h3-6,9,12,17H,7-8,10H2,1-2H3,(H,18,19,20). The van der Waals surface area contributed by atoms with E-state index in [-0.39, 0.29) is 0 Å². The number of benzene rings is 1. The van der Waals surface area contributed by atoms with E-state index >= 15 is 0 Å². The minimum absolute atomic E-state index is 0.400. The zero-order valence-electron chi connectivity index (χ0n) is 12.4. The third-order valence-corrected chi connectivity index (χ3v) is 3.63. The van der Waals surface area contributed by atoms with Crippen LogP contribution in [0.3, 0.4) is 0 Å². The number of rotatable bonds is 4. The largest absolute Gasteiger partial charge is 0.496 e. The van der Waals surface area contributed by atoms with Gasteiger partial charge in [-0.3, -0.25) is 0 Å². The number of nitrogens with zero attached hydrogens (tertiary/aromatic N) is 2. The molecule has 110 valence electrons. The zero-order valence-corrected chi connectivity index (χ0v) is 12.4. The van der Waals surface area contributed by atoms with Gasteiger partial charge in [0.05, 0.1) is 12.8 Å². The molecular weight excluding hydrogens is 264 g/mol.